The van der Waals surface area contributed by atoms with Crippen LogP contribution in [0, 0.1) is 5.92 Å². The van der Waals surface area contributed by atoms with E-state index in [1.807, 2.05) is 31.2 Å². The van der Waals surface area contributed by atoms with Crippen LogP contribution in [0.4, 0.5) is 0 Å². The first-order valence-electron chi connectivity index (χ1n) is 10.1. The van der Waals surface area contributed by atoms with Gasteiger partial charge in [0.25, 0.3) is 0 Å². The van der Waals surface area contributed by atoms with Gasteiger partial charge >= 0.3 is 0 Å². The fourth-order valence-corrected chi connectivity index (χ4v) is 3.79. The summed E-state index contributed by atoms with van der Waals surface area (Å²) >= 11 is 0. The molecule has 0 saturated heterocycles. The van der Waals surface area contributed by atoms with Gasteiger partial charge in [0.15, 0.2) is 8.32 Å². The molecule has 0 aromatic heterocycles. The maximum absolute atomic E-state index is 10.3. The summed E-state index contributed by atoms with van der Waals surface area (Å²) in [4.78, 5) is 0. The molecule has 0 radical (unpaired) electrons. The zero-order valence-corrected chi connectivity index (χ0v) is 19.9. The normalized spacial score (nSPS) is 17.1. The number of aliphatic hydroxyl groups is 2. The molecule has 0 aliphatic rings. The fraction of sp³-hybridized carbons (Fsp3) is 0.727. The lowest BCUT2D eigenvalue weighted by molar-refractivity contribution is -0.0799. The molecular formula is C22H40O5Si. The van der Waals surface area contributed by atoms with Crippen LogP contribution in [0.3, 0.4) is 0 Å². The van der Waals surface area contributed by atoms with E-state index in [2.05, 4.69) is 33.9 Å². The maximum Gasteiger partial charge on any atom is 0.191 e. The summed E-state index contributed by atoms with van der Waals surface area (Å²) in [5, 5.41) is 20.3. The molecule has 0 aliphatic carbocycles. The highest BCUT2D eigenvalue weighted by molar-refractivity contribution is 6.74. The summed E-state index contributed by atoms with van der Waals surface area (Å²) in [5.41, 5.74) is 1.04. The third-order valence-corrected chi connectivity index (χ3v) is 10.5. The van der Waals surface area contributed by atoms with Crippen molar-refractivity contribution >= 4 is 8.32 Å². The van der Waals surface area contributed by atoms with Gasteiger partial charge in [-0.1, -0.05) is 39.8 Å². The average Bonchev–Trinajstić information content (AvgIpc) is 2.62. The van der Waals surface area contributed by atoms with Crippen LogP contribution in [0.15, 0.2) is 24.3 Å². The summed E-state index contributed by atoms with van der Waals surface area (Å²) < 4.78 is 17.6. The van der Waals surface area contributed by atoms with Gasteiger partial charge in [-0.05, 0) is 49.2 Å². The van der Waals surface area contributed by atoms with Gasteiger partial charge in [-0.3, -0.25) is 0 Å². The molecule has 4 atom stereocenters. The largest absolute Gasteiger partial charge is 0.497 e. The van der Waals surface area contributed by atoms with Gasteiger partial charge in [0, 0.05) is 12.5 Å². The number of ether oxygens (including phenoxy) is 2. The Hall–Kier alpha value is -0.923. The lowest BCUT2D eigenvalue weighted by Gasteiger charge is -2.37. The maximum atomic E-state index is 10.3. The Labute approximate surface area is 172 Å². The van der Waals surface area contributed by atoms with Crippen molar-refractivity contribution in [2.75, 3.05) is 13.7 Å². The van der Waals surface area contributed by atoms with E-state index < -0.39 is 20.5 Å². The van der Waals surface area contributed by atoms with Gasteiger partial charge in [-0.2, -0.15) is 0 Å². The van der Waals surface area contributed by atoms with E-state index >= 15 is 0 Å². The summed E-state index contributed by atoms with van der Waals surface area (Å²) in [6.45, 7) is 15.7. The second kappa shape index (κ2) is 10.7. The van der Waals surface area contributed by atoms with Crippen LogP contribution in [-0.4, -0.2) is 50.6 Å². The zero-order valence-electron chi connectivity index (χ0n) is 18.9. The van der Waals surface area contributed by atoms with Crippen LogP contribution < -0.4 is 4.74 Å². The Bertz CT molecular complexity index is 565. The molecule has 1 unspecified atom stereocenters. The fourth-order valence-electron chi connectivity index (χ4n) is 2.73. The number of hydrogen-bond donors (Lipinski definition) is 2. The Morgan fingerprint density at radius 1 is 1.04 bits per heavy atom. The van der Waals surface area contributed by atoms with Crippen LogP contribution in [0.5, 0.6) is 5.75 Å². The standard InChI is InChI=1S/C22H40O5Si/c1-16(21(24)17(2)23)20(13-14-27-28(7,8)22(3,4)5)26-15-18-9-11-19(25-6)12-10-18/h9-12,16-17,20-21,23-24H,13-15H2,1-8H3/t16-,17+,20-,21?/m0/s1. The van der Waals surface area contributed by atoms with Gasteiger partial charge in [-0.15, -0.1) is 0 Å². The zero-order chi connectivity index (χ0) is 21.5. The van der Waals surface area contributed by atoms with Gasteiger partial charge in [-0.25, -0.2) is 0 Å². The van der Waals surface area contributed by atoms with Crippen molar-refractivity contribution < 1.29 is 24.1 Å². The van der Waals surface area contributed by atoms with Crippen molar-refractivity contribution in [1.29, 1.82) is 0 Å². The Kier molecular flexibility index (Phi) is 9.63. The first-order chi connectivity index (χ1) is 12.9. The smallest absolute Gasteiger partial charge is 0.191 e. The number of hydrogen-bond acceptors (Lipinski definition) is 5. The number of aliphatic hydroxyl groups excluding tert-OH is 2. The predicted octanol–water partition coefficient (Wildman–Crippen LogP) is 4.37. The minimum absolute atomic E-state index is 0.150. The third-order valence-electron chi connectivity index (χ3n) is 5.91. The minimum Gasteiger partial charge on any atom is -0.497 e. The molecule has 0 aliphatic heterocycles. The molecule has 28 heavy (non-hydrogen) atoms. The number of rotatable bonds is 11. The van der Waals surface area contributed by atoms with Gasteiger partial charge < -0.3 is 24.1 Å². The first kappa shape index (κ1) is 25.1. The molecule has 0 heterocycles. The van der Waals surface area contributed by atoms with E-state index in [1.54, 1.807) is 14.0 Å². The molecule has 1 aromatic rings. The topological polar surface area (TPSA) is 68.2 Å². The van der Waals surface area contributed by atoms with Crippen molar-refractivity contribution in [3.05, 3.63) is 29.8 Å². The van der Waals surface area contributed by atoms with E-state index in [4.69, 9.17) is 13.9 Å². The van der Waals surface area contributed by atoms with Crippen LogP contribution >= 0.6 is 0 Å². The molecule has 0 spiro atoms. The van der Waals surface area contributed by atoms with E-state index in [9.17, 15) is 10.2 Å². The Morgan fingerprint density at radius 2 is 1.61 bits per heavy atom. The van der Waals surface area contributed by atoms with E-state index in [1.165, 1.54) is 0 Å². The SMILES string of the molecule is COc1ccc(CO[C@@H](CCO[Si](C)(C)C(C)(C)C)[C@H](C)C(O)[C@@H](C)O)cc1. The third kappa shape index (κ3) is 7.48. The summed E-state index contributed by atoms with van der Waals surface area (Å²) in [6.07, 6.45) is -1.18. The molecule has 0 saturated carbocycles. The van der Waals surface area contributed by atoms with Gasteiger partial charge in [0.05, 0.1) is 32.0 Å². The lowest BCUT2D eigenvalue weighted by atomic mass is 9.93. The first-order valence-corrected chi connectivity index (χ1v) is 13.0. The van der Waals surface area contributed by atoms with Crippen molar-refractivity contribution in [2.45, 2.75) is 84.1 Å². The average molecular weight is 413 g/mol. The van der Waals surface area contributed by atoms with E-state index in [0.717, 1.165) is 11.3 Å². The van der Waals surface area contributed by atoms with Crippen LogP contribution in [0.1, 0.15) is 46.6 Å². The van der Waals surface area contributed by atoms with Crippen LogP contribution in [0.2, 0.25) is 18.1 Å². The highest BCUT2D eigenvalue weighted by atomic mass is 28.4. The summed E-state index contributed by atoms with van der Waals surface area (Å²) in [6, 6.07) is 7.75. The molecule has 1 rings (SSSR count). The highest BCUT2D eigenvalue weighted by Crippen LogP contribution is 2.36. The summed E-state index contributed by atoms with van der Waals surface area (Å²) in [7, 11) is -0.192. The molecule has 5 nitrogen and oxygen atoms in total. The second-order valence-electron chi connectivity index (χ2n) is 9.19. The van der Waals surface area contributed by atoms with Crippen molar-refractivity contribution in [3.8, 4) is 5.75 Å². The summed E-state index contributed by atoms with van der Waals surface area (Å²) in [5.74, 6) is 0.599. The van der Waals surface area contributed by atoms with Gasteiger partial charge in [0.1, 0.15) is 5.75 Å². The number of methoxy groups -OCH3 is 1. The molecule has 2 N–H and O–H groups in total. The quantitative estimate of drug-likeness (QED) is 0.528. The number of benzene rings is 1. The Morgan fingerprint density at radius 3 is 2.07 bits per heavy atom. The predicted molar refractivity (Wildman–Crippen MR) is 116 cm³/mol. The van der Waals surface area contributed by atoms with Crippen LogP contribution in [-0.2, 0) is 15.8 Å². The van der Waals surface area contributed by atoms with Crippen LogP contribution in [0.25, 0.3) is 0 Å². The molecular weight excluding hydrogens is 372 g/mol. The molecule has 0 amide bonds. The minimum atomic E-state index is -1.83. The van der Waals surface area contributed by atoms with Crippen molar-refractivity contribution in [1.82, 2.24) is 0 Å². The molecule has 0 bridgehead atoms. The Balaban J connectivity index is 2.75. The molecule has 162 valence electrons. The van der Waals surface area contributed by atoms with Crippen molar-refractivity contribution in [3.63, 3.8) is 0 Å². The monoisotopic (exact) mass is 412 g/mol. The van der Waals surface area contributed by atoms with Gasteiger partial charge in [0.2, 0.25) is 0 Å². The molecule has 1 aromatic carbocycles. The highest BCUT2D eigenvalue weighted by Gasteiger charge is 2.37. The van der Waals surface area contributed by atoms with E-state index in [-0.39, 0.29) is 17.1 Å². The molecule has 0 fully saturated rings. The lowest BCUT2D eigenvalue weighted by Crippen LogP contribution is -2.43. The van der Waals surface area contributed by atoms with Crippen molar-refractivity contribution in [2.24, 2.45) is 5.92 Å². The molecule has 6 heteroatoms. The van der Waals surface area contributed by atoms with E-state index in [0.29, 0.717) is 19.6 Å². The second-order valence-corrected chi connectivity index (χ2v) is 14.0.